The molecular formula is C39H56F2N2O5S. The fourth-order valence-corrected chi connectivity index (χ4v) is 6.59. The summed E-state index contributed by atoms with van der Waals surface area (Å²) >= 11 is 0. The summed E-state index contributed by atoms with van der Waals surface area (Å²) in [5.41, 5.74) is 4.13. The van der Waals surface area contributed by atoms with Gasteiger partial charge in [-0.25, -0.2) is 8.78 Å². The zero-order valence-corrected chi connectivity index (χ0v) is 29.5. The summed E-state index contributed by atoms with van der Waals surface area (Å²) in [7, 11) is 1.67. The van der Waals surface area contributed by atoms with Crippen molar-refractivity contribution in [3.8, 4) is 11.1 Å². The minimum atomic E-state index is -1.17. The SMILES string of the molecule is C.C.COC1CN(CCc2cn(C(CC(C)C)C(=O)C[C@@H](CC(=O)O)c3cc(-c4c(C)cccc4C)cc(C)c3F)c(=O)c(F)c2C)C1.S. The number of methoxy groups -OCH3 is 1. The number of carbonyl (C=O) groups is 2. The topological polar surface area (TPSA) is 88.8 Å². The summed E-state index contributed by atoms with van der Waals surface area (Å²) < 4.78 is 37.7. The number of ether oxygens (including phenoxy) is 1. The fourth-order valence-electron chi connectivity index (χ4n) is 6.59. The lowest BCUT2D eigenvalue weighted by Crippen LogP contribution is -2.52. The Labute approximate surface area is 298 Å². The third kappa shape index (κ3) is 10.1. The van der Waals surface area contributed by atoms with Crippen molar-refractivity contribution < 1.29 is 28.2 Å². The van der Waals surface area contributed by atoms with E-state index in [2.05, 4.69) is 4.90 Å². The quantitative estimate of drug-likeness (QED) is 0.183. The molecule has 0 bridgehead atoms. The number of likely N-dealkylation sites (tertiary alicyclic amines) is 1. The molecule has 1 aliphatic heterocycles. The van der Waals surface area contributed by atoms with Gasteiger partial charge in [0.25, 0.3) is 5.56 Å². The van der Waals surface area contributed by atoms with Gasteiger partial charge < -0.3 is 14.4 Å². The van der Waals surface area contributed by atoms with Crippen LogP contribution < -0.4 is 5.56 Å². The Morgan fingerprint density at radius 2 is 1.59 bits per heavy atom. The summed E-state index contributed by atoms with van der Waals surface area (Å²) in [5, 5.41) is 9.85. The molecule has 0 amide bonds. The van der Waals surface area contributed by atoms with E-state index in [-0.39, 0.29) is 64.3 Å². The molecule has 1 aromatic heterocycles. The van der Waals surface area contributed by atoms with E-state index in [1.165, 1.54) is 4.57 Å². The lowest BCUT2D eigenvalue weighted by molar-refractivity contribution is -0.137. The zero-order chi connectivity index (χ0) is 33.9. The van der Waals surface area contributed by atoms with Crippen molar-refractivity contribution in [3.05, 3.63) is 91.9 Å². The molecule has 0 spiro atoms. The molecule has 0 radical (unpaired) electrons. The molecule has 4 rings (SSSR count). The molecule has 272 valence electrons. The fraction of sp³-hybridized carbons (Fsp3) is 0.513. The highest BCUT2D eigenvalue weighted by Gasteiger charge is 2.31. The summed E-state index contributed by atoms with van der Waals surface area (Å²) in [6.45, 7) is 13.1. The number of rotatable bonds is 14. The average Bonchev–Trinajstić information content (AvgIpc) is 2.96. The normalized spacial score (nSPS) is 14.2. The number of aromatic nitrogens is 1. The highest BCUT2D eigenvalue weighted by atomic mass is 32.1. The Morgan fingerprint density at radius 1 is 0.980 bits per heavy atom. The van der Waals surface area contributed by atoms with Gasteiger partial charge in [-0.15, -0.1) is 0 Å². The van der Waals surface area contributed by atoms with Gasteiger partial charge in [-0.05, 0) is 103 Å². The molecule has 0 aliphatic carbocycles. The van der Waals surface area contributed by atoms with Crippen LogP contribution in [0.4, 0.5) is 8.78 Å². The lowest BCUT2D eigenvalue weighted by Gasteiger charge is -2.38. The van der Waals surface area contributed by atoms with E-state index in [4.69, 9.17) is 4.74 Å². The van der Waals surface area contributed by atoms with Crippen molar-refractivity contribution in [1.29, 1.82) is 0 Å². The average molecular weight is 703 g/mol. The van der Waals surface area contributed by atoms with Crippen LogP contribution in [0.15, 0.2) is 41.3 Å². The summed E-state index contributed by atoms with van der Waals surface area (Å²) in [6.07, 6.45) is 1.68. The minimum Gasteiger partial charge on any atom is -0.481 e. The van der Waals surface area contributed by atoms with E-state index in [0.717, 1.165) is 35.3 Å². The first-order valence-corrected chi connectivity index (χ1v) is 16.0. The number of hydrogen-bond donors (Lipinski definition) is 1. The van der Waals surface area contributed by atoms with Crippen molar-refractivity contribution in [2.75, 3.05) is 26.7 Å². The van der Waals surface area contributed by atoms with Crippen LogP contribution >= 0.6 is 13.5 Å². The molecule has 1 unspecified atom stereocenters. The Bertz CT molecular complexity index is 1650. The molecule has 3 aromatic rings. The second kappa shape index (κ2) is 18.6. The van der Waals surface area contributed by atoms with Crippen molar-refractivity contribution >= 4 is 25.2 Å². The molecule has 7 nitrogen and oxygen atoms in total. The van der Waals surface area contributed by atoms with Crippen LogP contribution in [0.25, 0.3) is 11.1 Å². The maximum Gasteiger partial charge on any atom is 0.303 e. The molecule has 1 aliphatic rings. The molecule has 2 atom stereocenters. The summed E-state index contributed by atoms with van der Waals surface area (Å²) in [6, 6.07) is 8.21. The van der Waals surface area contributed by atoms with Crippen LogP contribution in [0.1, 0.15) is 93.3 Å². The number of pyridine rings is 1. The summed E-state index contributed by atoms with van der Waals surface area (Å²) in [5.74, 6) is -4.09. The van der Waals surface area contributed by atoms with Crippen LogP contribution in [0.5, 0.6) is 0 Å². The molecule has 1 saturated heterocycles. The van der Waals surface area contributed by atoms with Gasteiger partial charge in [0.1, 0.15) is 5.82 Å². The molecule has 1 fully saturated rings. The van der Waals surface area contributed by atoms with Gasteiger partial charge in [0.05, 0.1) is 18.6 Å². The van der Waals surface area contributed by atoms with E-state index in [1.807, 2.05) is 45.9 Å². The van der Waals surface area contributed by atoms with Crippen molar-refractivity contribution in [3.63, 3.8) is 0 Å². The van der Waals surface area contributed by atoms with Crippen LogP contribution in [-0.2, 0) is 20.7 Å². The predicted octanol–water partition coefficient (Wildman–Crippen LogP) is 8.09. The largest absolute Gasteiger partial charge is 0.481 e. The predicted molar refractivity (Wildman–Crippen MR) is 199 cm³/mol. The highest BCUT2D eigenvalue weighted by molar-refractivity contribution is 7.59. The first-order valence-electron chi connectivity index (χ1n) is 16.0. The highest BCUT2D eigenvalue weighted by Crippen LogP contribution is 2.36. The van der Waals surface area contributed by atoms with Gasteiger partial charge in [-0.1, -0.05) is 46.9 Å². The number of aryl methyl sites for hydroxylation is 3. The maximum atomic E-state index is 15.8. The van der Waals surface area contributed by atoms with Crippen molar-refractivity contribution in [1.82, 2.24) is 9.47 Å². The van der Waals surface area contributed by atoms with Gasteiger partial charge in [-0.2, -0.15) is 13.5 Å². The van der Waals surface area contributed by atoms with Crippen molar-refractivity contribution in [2.45, 2.75) is 100 Å². The van der Waals surface area contributed by atoms with Gasteiger partial charge in [0, 0.05) is 45.3 Å². The molecule has 1 N–H and O–H groups in total. The zero-order valence-electron chi connectivity index (χ0n) is 28.5. The van der Waals surface area contributed by atoms with Crippen LogP contribution in [0, 0.1) is 45.2 Å². The second-order valence-corrected chi connectivity index (χ2v) is 13.2. The molecule has 10 heteroatoms. The monoisotopic (exact) mass is 702 g/mol. The maximum absolute atomic E-state index is 15.8. The number of hydrogen-bond acceptors (Lipinski definition) is 5. The summed E-state index contributed by atoms with van der Waals surface area (Å²) in [4.78, 5) is 41.7. The van der Waals surface area contributed by atoms with Crippen LogP contribution in [0.3, 0.4) is 0 Å². The Morgan fingerprint density at radius 3 is 2.14 bits per heavy atom. The standard InChI is InChI=1S/C37H46F2N2O5.2CH4.H2S/c1-21(2)13-31(41-18-26(25(6)36(39)37(41)45)11-12-40-19-29(20-40)46-7)32(42)16-27(17-33(43)44)30-15-28(14-24(5)35(30)38)34-22(3)9-8-10-23(34)4;;;/h8-10,14-15,18,21,27,29,31H,11-13,16-17,19-20H2,1-7H3,(H,43,44);2*1H4;1H2/t27-,31?;;;/m0.../s1. The van der Waals surface area contributed by atoms with E-state index < -0.39 is 47.3 Å². The Kier molecular flexibility index (Phi) is 16.6. The van der Waals surface area contributed by atoms with Gasteiger partial charge in [-0.3, -0.25) is 19.3 Å². The van der Waals surface area contributed by atoms with Crippen LogP contribution in [-0.4, -0.2) is 59.2 Å². The first-order chi connectivity index (χ1) is 21.7. The third-order valence-electron chi connectivity index (χ3n) is 9.25. The van der Waals surface area contributed by atoms with E-state index in [1.54, 1.807) is 39.3 Å². The second-order valence-electron chi connectivity index (χ2n) is 13.2. The van der Waals surface area contributed by atoms with Crippen LogP contribution in [0.2, 0.25) is 0 Å². The molecule has 2 aromatic carbocycles. The molecular weight excluding hydrogens is 647 g/mol. The molecule has 49 heavy (non-hydrogen) atoms. The number of carboxylic acid groups (broad SMARTS) is 1. The van der Waals surface area contributed by atoms with Gasteiger partial charge >= 0.3 is 5.97 Å². The number of benzene rings is 2. The molecule has 2 heterocycles. The number of Topliss-reactive ketones (excluding diaryl/α,β-unsaturated/α-hetero) is 1. The number of nitrogens with zero attached hydrogens (tertiary/aromatic N) is 2. The first kappa shape index (κ1) is 43.7. The Hall–Kier alpha value is -3.34. The van der Waals surface area contributed by atoms with E-state index in [0.29, 0.717) is 24.1 Å². The van der Waals surface area contributed by atoms with E-state index in [9.17, 15) is 19.5 Å². The number of halogens is 2. The van der Waals surface area contributed by atoms with Crippen molar-refractivity contribution in [2.24, 2.45) is 5.92 Å². The smallest absolute Gasteiger partial charge is 0.303 e. The third-order valence-corrected chi connectivity index (χ3v) is 9.25. The van der Waals surface area contributed by atoms with Gasteiger partial charge in [0.2, 0.25) is 0 Å². The number of carbonyl (C=O) groups excluding carboxylic acids is 1. The van der Waals surface area contributed by atoms with E-state index >= 15 is 8.78 Å². The molecule has 0 saturated carbocycles. The lowest BCUT2D eigenvalue weighted by atomic mass is 9.84. The minimum absolute atomic E-state index is 0. The number of aliphatic carboxylic acids is 1. The Balaban J connectivity index is 0.00000400. The number of carboxylic acids is 1. The number of ketones is 1. The van der Waals surface area contributed by atoms with Gasteiger partial charge in [0.15, 0.2) is 11.6 Å².